The molecule has 0 aliphatic carbocycles. The topological polar surface area (TPSA) is 61.6 Å². The summed E-state index contributed by atoms with van der Waals surface area (Å²) in [5.74, 6) is -0.0703. The number of rotatable bonds is 3. The van der Waals surface area contributed by atoms with Crippen LogP contribution in [-0.4, -0.2) is 43.5 Å². The van der Waals surface area contributed by atoms with Gasteiger partial charge in [0.25, 0.3) is 0 Å². The molecule has 1 amide bonds. The lowest BCUT2D eigenvalue weighted by Gasteiger charge is -2.36. The molecule has 1 heterocycles. The number of hydrogen-bond acceptors (Lipinski definition) is 4. The van der Waals surface area contributed by atoms with Crippen LogP contribution in [-0.2, 0) is 4.79 Å². The van der Waals surface area contributed by atoms with E-state index in [9.17, 15) is 4.79 Å². The molecular formula is C14H22N4O. The predicted molar refractivity (Wildman–Crippen MR) is 79.5 cm³/mol. The van der Waals surface area contributed by atoms with Gasteiger partial charge in [-0.3, -0.25) is 4.79 Å². The summed E-state index contributed by atoms with van der Waals surface area (Å²) in [4.78, 5) is 16.0. The van der Waals surface area contributed by atoms with E-state index in [1.807, 2.05) is 18.2 Å². The largest absolute Gasteiger partial charge is 0.399 e. The maximum absolute atomic E-state index is 11.3. The Morgan fingerprint density at radius 1 is 1.32 bits per heavy atom. The molecule has 0 atom stereocenters. The first-order valence-electron chi connectivity index (χ1n) is 6.74. The molecule has 1 saturated heterocycles. The molecule has 0 unspecified atom stereocenters. The Labute approximate surface area is 114 Å². The molecule has 1 aliphatic heterocycles. The van der Waals surface area contributed by atoms with Gasteiger partial charge >= 0.3 is 0 Å². The first kappa shape index (κ1) is 13.7. The molecule has 3 N–H and O–H groups in total. The third-order valence-electron chi connectivity index (χ3n) is 3.49. The lowest BCUT2D eigenvalue weighted by Crippen LogP contribution is -2.46. The molecule has 19 heavy (non-hydrogen) atoms. The van der Waals surface area contributed by atoms with E-state index in [0.717, 1.165) is 44.1 Å². The van der Waals surface area contributed by atoms with Gasteiger partial charge in [-0.15, -0.1) is 0 Å². The van der Waals surface area contributed by atoms with Gasteiger partial charge < -0.3 is 20.9 Å². The maximum Gasteiger partial charge on any atom is 0.221 e. The summed E-state index contributed by atoms with van der Waals surface area (Å²) in [6.45, 7) is 8.85. The van der Waals surface area contributed by atoms with Crippen LogP contribution in [0.2, 0.25) is 0 Å². The van der Waals surface area contributed by atoms with Crippen molar-refractivity contribution >= 4 is 23.0 Å². The minimum absolute atomic E-state index is 0.0703. The van der Waals surface area contributed by atoms with Crippen LogP contribution in [0.1, 0.15) is 13.8 Å². The molecule has 0 aromatic heterocycles. The molecule has 0 saturated carbocycles. The van der Waals surface area contributed by atoms with Crippen LogP contribution in [0.25, 0.3) is 0 Å². The van der Waals surface area contributed by atoms with Gasteiger partial charge in [-0.05, 0) is 24.7 Å². The number of nitrogens with zero attached hydrogens (tertiary/aromatic N) is 2. The van der Waals surface area contributed by atoms with Gasteiger partial charge in [0, 0.05) is 38.8 Å². The lowest BCUT2D eigenvalue weighted by molar-refractivity contribution is -0.114. The SMILES string of the molecule is CCN1CCN(c2ccc(N)cc2NC(C)=O)CC1. The predicted octanol–water partition coefficient (Wildman–Crippen LogP) is 1.37. The van der Waals surface area contributed by atoms with Gasteiger partial charge in [-0.25, -0.2) is 0 Å². The van der Waals surface area contributed by atoms with Crippen molar-refractivity contribution in [1.82, 2.24) is 4.90 Å². The van der Waals surface area contributed by atoms with Gasteiger partial charge in [0.2, 0.25) is 5.91 Å². The second kappa shape index (κ2) is 5.93. The number of likely N-dealkylation sites (N-methyl/N-ethyl adjacent to an activating group) is 1. The smallest absolute Gasteiger partial charge is 0.221 e. The standard InChI is InChI=1S/C14H22N4O/c1-3-17-6-8-18(9-7-17)14-5-4-12(15)10-13(14)16-11(2)19/h4-5,10H,3,6-9,15H2,1-2H3,(H,16,19). The highest BCUT2D eigenvalue weighted by atomic mass is 16.1. The summed E-state index contributed by atoms with van der Waals surface area (Å²) >= 11 is 0. The monoisotopic (exact) mass is 262 g/mol. The summed E-state index contributed by atoms with van der Waals surface area (Å²) in [7, 11) is 0. The quantitative estimate of drug-likeness (QED) is 0.808. The summed E-state index contributed by atoms with van der Waals surface area (Å²) in [6.07, 6.45) is 0. The van der Waals surface area contributed by atoms with Crippen molar-refractivity contribution in [2.75, 3.05) is 48.7 Å². The average molecular weight is 262 g/mol. The number of benzene rings is 1. The Morgan fingerprint density at radius 3 is 2.58 bits per heavy atom. The maximum atomic E-state index is 11.3. The number of nitrogen functional groups attached to an aromatic ring is 1. The van der Waals surface area contributed by atoms with Crippen LogP contribution in [0.5, 0.6) is 0 Å². The Morgan fingerprint density at radius 2 is 2.00 bits per heavy atom. The number of carbonyl (C=O) groups excluding carboxylic acids is 1. The van der Waals surface area contributed by atoms with Crippen molar-refractivity contribution in [3.05, 3.63) is 18.2 Å². The zero-order chi connectivity index (χ0) is 13.8. The number of carbonyl (C=O) groups is 1. The number of nitrogens with one attached hydrogen (secondary N) is 1. The van der Waals surface area contributed by atoms with Crippen LogP contribution in [0.15, 0.2) is 18.2 Å². The highest BCUT2D eigenvalue weighted by Crippen LogP contribution is 2.29. The molecule has 5 nitrogen and oxygen atoms in total. The van der Waals surface area contributed by atoms with E-state index in [4.69, 9.17) is 5.73 Å². The van der Waals surface area contributed by atoms with Gasteiger partial charge in [-0.1, -0.05) is 6.92 Å². The fourth-order valence-electron chi connectivity index (χ4n) is 2.42. The molecule has 0 radical (unpaired) electrons. The minimum atomic E-state index is -0.0703. The van der Waals surface area contributed by atoms with Crippen LogP contribution >= 0.6 is 0 Å². The number of piperazine rings is 1. The number of anilines is 3. The summed E-state index contributed by atoms with van der Waals surface area (Å²) < 4.78 is 0. The van der Waals surface area contributed by atoms with Crippen molar-refractivity contribution in [3.63, 3.8) is 0 Å². The van der Waals surface area contributed by atoms with Gasteiger partial charge in [-0.2, -0.15) is 0 Å². The number of nitrogens with two attached hydrogens (primary N) is 1. The average Bonchev–Trinajstić information content (AvgIpc) is 2.38. The van der Waals surface area contributed by atoms with Gasteiger partial charge in [0.05, 0.1) is 11.4 Å². The summed E-state index contributed by atoms with van der Waals surface area (Å²) in [5, 5.41) is 2.86. The molecule has 1 aliphatic rings. The van der Waals surface area contributed by atoms with Crippen molar-refractivity contribution in [1.29, 1.82) is 0 Å². The van der Waals surface area contributed by atoms with E-state index >= 15 is 0 Å². The van der Waals surface area contributed by atoms with Crippen molar-refractivity contribution in [2.45, 2.75) is 13.8 Å². The van der Waals surface area contributed by atoms with E-state index in [1.54, 1.807) is 0 Å². The Kier molecular flexibility index (Phi) is 4.27. The van der Waals surface area contributed by atoms with E-state index in [2.05, 4.69) is 22.0 Å². The molecule has 1 aromatic rings. The first-order valence-corrected chi connectivity index (χ1v) is 6.74. The van der Waals surface area contributed by atoms with E-state index in [1.165, 1.54) is 6.92 Å². The van der Waals surface area contributed by atoms with E-state index in [-0.39, 0.29) is 5.91 Å². The summed E-state index contributed by atoms with van der Waals surface area (Å²) in [5.41, 5.74) is 8.32. The van der Waals surface area contributed by atoms with Crippen LogP contribution in [0.4, 0.5) is 17.1 Å². The Hall–Kier alpha value is -1.75. The molecule has 1 aromatic carbocycles. The molecule has 0 spiro atoms. The zero-order valence-electron chi connectivity index (χ0n) is 11.6. The van der Waals surface area contributed by atoms with Crippen molar-refractivity contribution in [3.8, 4) is 0 Å². The molecule has 5 heteroatoms. The zero-order valence-corrected chi connectivity index (χ0v) is 11.6. The molecule has 2 rings (SSSR count). The summed E-state index contributed by atoms with van der Waals surface area (Å²) in [6, 6.07) is 5.69. The van der Waals surface area contributed by atoms with Crippen LogP contribution in [0.3, 0.4) is 0 Å². The third-order valence-corrected chi connectivity index (χ3v) is 3.49. The van der Waals surface area contributed by atoms with E-state index in [0.29, 0.717) is 5.69 Å². The van der Waals surface area contributed by atoms with Crippen LogP contribution in [0, 0.1) is 0 Å². The highest BCUT2D eigenvalue weighted by molar-refractivity contribution is 5.93. The normalized spacial score (nSPS) is 16.4. The number of hydrogen-bond donors (Lipinski definition) is 2. The van der Waals surface area contributed by atoms with Gasteiger partial charge in [0.1, 0.15) is 0 Å². The fourth-order valence-corrected chi connectivity index (χ4v) is 2.42. The molecule has 104 valence electrons. The van der Waals surface area contributed by atoms with Gasteiger partial charge in [0.15, 0.2) is 0 Å². The molecule has 0 bridgehead atoms. The second-order valence-electron chi connectivity index (χ2n) is 4.88. The first-order chi connectivity index (χ1) is 9.10. The minimum Gasteiger partial charge on any atom is -0.399 e. The third kappa shape index (κ3) is 3.38. The van der Waals surface area contributed by atoms with Crippen LogP contribution < -0.4 is 16.0 Å². The molecular weight excluding hydrogens is 240 g/mol. The Balaban J connectivity index is 2.17. The second-order valence-corrected chi connectivity index (χ2v) is 4.88. The fraction of sp³-hybridized carbons (Fsp3) is 0.500. The van der Waals surface area contributed by atoms with E-state index < -0.39 is 0 Å². The van der Waals surface area contributed by atoms with Crippen molar-refractivity contribution < 1.29 is 4.79 Å². The Bertz CT molecular complexity index is 453. The lowest BCUT2D eigenvalue weighted by atomic mass is 10.2. The number of amides is 1. The molecule has 1 fully saturated rings. The van der Waals surface area contributed by atoms with Crippen molar-refractivity contribution in [2.24, 2.45) is 0 Å². The highest BCUT2D eigenvalue weighted by Gasteiger charge is 2.18.